The molecule has 1 rings (SSSR count). The summed E-state index contributed by atoms with van der Waals surface area (Å²) < 4.78 is 5.42. The van der Waals surface area contributed by atoms with Gasteiger partial charge in [-0.05, 0) is 38.7 Å². The molecule has 0 fully saturated rings. The first-order valence-electron chi connectivity index (χ1n) is 5.64. The van der Waals surface area contributed by atoms with Crippen molar-refractivity contribution in [3.63, 3.8) is 0 Å². The number of hydrogen-bond donors (Lipinski definition) is 1. The van der Waals surface area contributed by atoms with Gasteiger partial charge in [0.2, 0.25) is 0 Å². The molecule has 0 amide bonds. The van der Waals surface area contributed by atoms with Crippen molar-refractivity contribution >= 4 is 12.3 Å². The number of aldehydes is 1. The smallest absolute Gasteiger partial charge is 0.339 e. The number of nitrogens with zero attached hydrogens (tertiary/aromatic N) is 1. The average Bonchev–Trinajstić information content (AvgIpc) is 2.34. The normalized spacial score (nSPS) is 10.4. The molecule has 0 unspecified atom stereocenters. The van der Waals surface area contributed by atoms with E-state index >= 15 is 0 Å². The summed E-state index contributed by atoms with van der Waals surface area (Å²) in [4.78, 5) is 23.6. The zero-order chi connectivity index (χ0) is 13.5. The summed E-state index contributed by atoms with van der Waals surface area (Å²) in [5, 5.41) is 9.03. The molecule has 0 aliphatic heterocycles. The van der Waals surface area contributed by atoms with Gasteiger partial charge in [0, 0.05) is 12.1 Å². The van der Waals surface area contributed by atoms with E-state index in [4.69, 9.17) is 9.84 Å². The molecule has 5 heteroatoms. The maximum absolute atomic E-state index is 11.0. The lowest BCUT2D eigenvalue weighted by Crippen LogP contribution is -2.16. The lowest BCUT2D eigenvalue weighted by Gasteiger charge is -2.12. The van der Waals surface area contributed by atoms with E-state index in [1.807, 2.05) is 19.0 Å². The van der Waals surface area contributed by atoms with E-state index in [1.165, 1.54) is 12.1 Å². The van der Waals surface area contributed by atoms with Crippen molar-refractivity contribution in [3.05, 3.63) is 29.3 Å². The molecule has 0 bridgehead atoms. The number of aromatic carboxylic acids is 1. The minimum absolute atomic E-state index is 0.0180. The van der Waals surface area contributed by atoms with Crippen LogP contribution in [0.1, 0.15) is 27.1 Å². The fourth-order valence-electron chi connectivity index (χ4n) is 1.48. The monoisotopic (exact) mass is 251 g/mol. The van der Waals surface area contributed by atoms with Gasteiger partial charge in [-0.15, -0.1) is 0 Å². The Morgan fingerprint density at radius 1 is 1.44 bits per heavy atom. The second-order valence-electron chi connectivity index (χ2n) is 4.18. The molecule has 0 aliphatic rings. The Hall–Kier alpha value is -1.88. The third kappa shape index (κ3) is 4.18. The Balaban J connectivity index is 2.69. The fourth-order valence-corrected chi connectivity index (χ4v) is 1.48. The summed E-state index contributed by atoms with van der Waals surface area (Å²) in [5.41, 5.74) is 0.345. The molecule has 0 spiro atoms. The van der Waals surface area contributed by atoms with E-state index in [2.05, 4.69) is 0 Å². The summed E-state index contributed by atoms with van der Waals surface area (Å²) in [6.45, 7) is 1.31. The summed E-state index contributed by atoms with van der Waals surface area (Å²) in [6.07, 6.45) is 1.42. The third-order valence-electron chi connectivity index (χ3n) is 2.38. The Morgan fingerprint density at radius 3 is 2.72 bits per heavy atom. The minimum atomic E-state index is -1.10. The van der Waals surface area contributed by atoms with Gasteiger partial charge in [0.1, 0.15) is 17.6 Å². The van der Waals surface area contributed by atoms with Gasteiger partial charge in [-0.2, -0.15) is 0 Å². The predicted octanol–water partition coefficient (Wildman–Crippen LogP) is 1.53. The van der Waals surface area contributed by atoms with Gasteiger partial charge in [-0.3, -0.25) is 4.79 Å². The van der Waals surface area contributed by atoms with Crippen molar-refractivity contribution in [2.75, 3.05) is 27.2 Å². The van der Waals surface area contributed by atoms with E-state index in [9.17, 15) is 9.59 Å². The molecule has 1 aromatic rings. The number of carbonyl (C=O) groups excluding carboxylic acids is 1. The van der Waals surface area contributed by atoms with Crippen LogP contribution in [0.15, 0.2) is 18.2 Å². The van der Waals surface area contributed by atoms with Crippen LogP contribution in [0.2, 0.25) is 0 Å². The first-order valence-corrected chi connectivity index (χ1v) is 5.64. The van der Waals surface area contributed by atoms with Crippen LogP contribution in [0.25, 0.3) is 0 Å². The molecule has 18 heavy (non-hydrogen) atoms. The van der Waals surface area contributed by atoms with Gasteiger partial charge in [0.25, 0.3) is 0 Å². The highest BCUT2D eigenvalue weighted by molar-refractivity contribution is 5.93. The van der Waals surface area contributed by atoms with Crippen molar-refractivity contribution in [2.24, 2.45) is 0 Å². The highest BCUT2D eigenvalue weighted by atomic mass is 16.5. The van der Waals surface area contributed by atoms with Crippen LogP contribution in [0, 0.1) is 0 Å². The van der Waals surface area contributed by atoms with E-state index in [1.54, 1.807) is 6.07 Å². The molecule has 0 saturated carbocycles. The standard InChI is InChI=1S/C13H17NO4/c1-14(2)6-3-7-18-12-5-4-10(9-15)8-11(12)13(16)17/h4-5,8-9H,3,6-7H2,1-2H3,(H,16,17). The molecule has 0 aliphatic carbocycles. The number of ether oxygens (including phenoxy) is 1. The van der Waals surface area contributed by atoms with Crippen LogP contribution in [0.3, 0.4) is 0 Å². The molecule has 1 N–H and O–H groups in total. The van der Waals surface area contributed by atoms with Crippen LogP contribution in [0.5, 0.6) is 5.75 Å². The quantitative estimate of drug-likeness (QED) is 0.588. The SMILES string of the molecule is CN(C)CCCOc1ccc(C=O)cc1C(=O)O. The maximum Gasteiger partial charge on any atom is 0.339 e. The topological polar surface area (TPSA) is 66.8 Å². The summed E-state index contributed by atoms with van der Waals surface area (Å²) in [7, 11) is 3.92. The van der Waals surface area contributed by atoms with Gasteiger partial charge in [0.05, 0.1) is 6.61 Å². The van der Waals surface area contributed by atoms with Crippen molar-refractivity contribution in [1.29, 1.82) is 0 Å². The average molecular weight is 251 g/mol. The number of carboxylic acids is 1. The largest absolute Gasteiger partial charge is 0.493 e. The third-order valence-corrected chi connectivity index (χ3v) is 2.38. The lowest BCUT2D eigenvalue weighted by molar-refractivity contribution is 0.0692. The molecule has 0 aromatic heterocycles. The molecule has 0 atom stereocenters. The van der Waals surface area contributed by atoms with Gasteiger partial charge < -0.3 is 14.7 Å². The molecule has 0 radical (unpaired) electrons. The van der Waals surface area contributed by atoms with E-state index in [-0.39, 0.29) is 5.56 Å². The Labute approximate surface area is 106 Å². The zero-order valence-corrected chi connectivity index (χ0v) is 10.5. The molecule has 0 heterocycles. The van der Waals surface area contributed by atoms with Crippen molar-refractivity contribution in [2.45, 2.75) is 6.42 Å². The maximum atomic E-state index is 11.0. The van der Waals surface area contributed by atoms with Crippen LogP contribution >= 0.6 is 0 Å². The Morgan fingerprint density at radius 2 is 2.17 bits per heavy atom. The molecule has 1 aromatic carbocycles. The summed E-state index contributed by atoms with van der Waals surface area (Å²) in [5.74, 6) is -0.798. The van der Waals surface area contributed by atoms with Crippen molar-refractivity contribution in [3.8, 4) is 5.75 Å². The summed E-state index contributed by atoms with van der Waals surface area (Å²) >= 11 is 0. The molecular formula is C13H17NO4. The number of carboxylic acid groups (broad SMARTS) is 1. The number of hydrogen-bond acceptors (Lipinski definition) is 4. The van der Waals surface area contributed by atoms with Crippen LogP contribution in [-0.2, 0) is 0 Å². The van der Waals surface area contributed by atoms with E-state index < -0.39 is 5.97 Å². The lowest BCUT2D eigenvalue weighted by atomic mass is 10.1. The summed E-state index contributed by atoms with van der Waals surface area (Å²) in [6, 6.07) is 4.38. The second kappa shape index (κ2) is 6.76. The predicted molar refractivity (Wildman–Crippen MR) is 67.5 cm³/mol. The van der Waals surface area contributed by atoms with Gasteiger partial charge in [0.15, 0.2) is 0 Å². The van der Waals surface area contributed by atoms with Crippen LogP contribution in [-0.4, -0.2) is 49.5 Å². The minimum Gasteiger partial charge on any atom is -0.493 e. The van der Waals surface area contributed by atoms with E-state index in [0.29, 0.717) is 24.2 Å². The van der Waals surface area contributed by atoms with E-state index in [0.717, 1.165) is 13.0 Å². The molecule has 98 valence electrons. The Kier molecular flexibility index (Phi) is 5.32. The number of benzene rings is 1. The molecule has 0 saturated heterocycles. The van der Waals surface area contributed by atoms with Gasteiger partial charge in [-0.1, -0.05) is 0 Å². The zero-order valence-electron chi connectivity index (χ0n) is 10.5. The number of carbonyl (C=O) groups is 2. The Bertz CT molecular complexity index is 429. The first-order chi connectivity index (χ1) is 8.54. The highest BCUT2D eigenvalue weighted by Gasteiger charge is 2.12. The van der Waals surface area contributed by atoms with Crippen molar-refractivity contribution < 1.29 is 19.4 Å². The first kappa shape index (κ1) is 14.2. The van der Waals surface area contributed by atoms with Gasteiger partial charge >= 0.3 is 5.97 Å². The van der Waals surface area contributed by atoms with Crippen LogP contribution < -0.4 is 4.74 Å². The second-order valence-corrected chi connectivity index (χ2v) is 4.18. The van der Waals surface area contributed by atoms with Crippen LogP contribution in [0.4, 0.5) is 0 Å². The fraction of sp³-hybridized carbons (Fsp3) is 0.385. The van der Waals surface area contributed by atoms with Crippen molar-refractivity contribution in [1.82, 2.24) is 4.90 Å². The van der Waals surface area contributed by atoms with Gasteiger partial charge in [-0.25, -0.2) is 4.79 Å². The molecular weight excluding hydrogens is 234 g/mol. The highest BCUT2D eigenvalue weighted by Crippen LogP contribution is 2.19. The molecule has 5 nitrogen and oxygen atoms in total. The number of rotatable bonds is 7.